The van der Waals surface area contributed by atoms with E-state index in [1.54, 1.807) is 0 Å². The molecule has 3 atom stereocenters. The number of quaternary nitrogens is 3. The van der Waals surface area contributed by atoms with Crippen LogP contribution in [0.3, 0.4) is 0 Å². The quantitative estimate of drug-likeness (QED) is 0.0386. The fourth-order valence-electron chi connectivity index (χ4n) is 6.71. The Hall–Kier alpha value is -3.34. The zero-order chi connectivity index (χ0) is 43.1. The molecule has 6 amide bonds. The van der Waals surface area contributed by atoms with Gasteiger partial charge >= 0.3 is 0 Å². The average molecular weight is 828 g/mol. The molecule has 0 radical (unpaired) electrons. The zero-order valence-electron chi connectivity index (χ0n) is 36.3. The molecule has 16 nitrogen and oxygen atoms in total. The van der Waals surface area contributed by atoms with E-state index in [0.717, 1.165) is 154 Å². The normalized spacial score (nSPS) is 12.6. The molecule has 0 fully saturated rings. The predicted molar refractivity (Wildman–Crippen MR) is 228 cm³/mol. The molecule has 338 valence electrons. The van der Waals surface area contributed by atoms with Crippen molar-refractivity contribution in [3.63, 3.8) is 0 Å². The van der Waals surface area contributed by atoms with E-state index in [1.165, 1.54) is 0 Å². The summed E-state index contributed by atoms with van der Waals surface area (Å²) in [7, 11) is 0. The molecule has 0 bridgehead atoms. The third-order valence-electron chi connectivity index (χ3n) is 10.3. The van der Waals surface area contributed by atoms with Gasteiger partial charge in [-0.05, 0) is 103 Å². The van der Waals surface area contributed by atoms with Gasteiger partial charge in [0.1, 0.15) is 18.1 Å². The molecule has 58 heavy (non-hydrogen) atoms. The Balaban J connectivity index is 4.35. The molecule has 0 aliphatic heterocycles. The van der Waals surface area contributed by atoms with Crippen molar-refractivity contribution in [2.24, 2.45) is 11.5 Å². The maximum absolute atomic E-state index is 13.0. The maximum atomic E-state index is 13.0. The van der Waals surface area contributed by atoms with E-state index in [2.05, 4.69) is 43.8 Å². The van der Waals surface area contributed by atoms with Gasteiger partial charge in [-0.25, -0.2) is 0 Å². The van der Waals surface area contributed by atoms with Crippen molar-refractivity contribution in [1.82, 2.24) is 26.6 Å². The van der Waals surface area contributed by atoms with Crippen molar-refractivity contribution >= 4 is 35.4 Å². The van der Waals surface area contributed by atoms with Crippen LogP contribution in [0.15, 0.2) is 0 Å². The average Bonchev–Trinajstić information content (AvgIpc) is 3.19. The van der Waals surface area contributed by atoms with E-state index >= 15 is 0 Å². The first-order chi connectivity index (χ1) is 28.1. The van der Waals surface area contributed by atoms with Crippen LogP contribution in [0, 0.1) is 0 Å². The van der Waals surface area contributed by atoms with Crippen molar-refractivity contribution < 1.29 is 46.0 Å². The van der Waals surface area contributed by atoms with Gasteiger partial charge in [0.15, 0.2) is 0 Å². The van der Waals surface area contributed by atoms with Gasteiger partial charge in [0.25, 0.3) is 0 Å². The second-order valence-corrected chi connectivity index (χ2v) is 15.7. The van der Waals surface area contributed by atoms with Gasteiger partial charge in [-0.3, -0.25) is 28.8 Å². The smallest absolute Gasteiger partial charge is 0.242 e. The Bertz CT molecular complexity index is 1100. The first-order valence-corrected chi connectivity index (χ1v) is 22.9. The van der Waals surface area contributed by atoms with Crippen LogP contribution in [0.25, 0.3) is 0 Å². The molecule has 0 aromatic rings. The molecule has 3 unspecified atom stereocenters. The lowest BCUT2D eigenvalue weighted by Gasteiger charge is -2.19. The van der Waals surface area contributed by atoms with Crippen molar-refractivity contribution in [2.45, 2.75) is 191 Å². The van der Waals surface area contributed by atoms with Crippen LogP contribution in [-0.4, -0.2) is 92.8 Å². The van der Waals surface area contributed by atoms with Gasteiger partial charge in [0.05, 0.1) is 19.6 Å². The van der Waals surface area contributed by atoms with E-state index in [0.29, 0.717) is 58.2 Å². The summed E-state index contributed by atoms with van der Waals surface area (Å²) in [4.78, 5) is 75.1. The molecule has 0 aromatic heterocycles. The highest BCUT2D eigenvalue weighted by atomic mass is 16.2. The SMILES string of the molecule is NCCCCCCCC(=O)NC(CCCC[NH3+])C(=O)NCCCCCCCC(=O)NC(CCCC[NH3+])C(=O)NCCCCCCCC(=O)NC(CCCC[NH3+])C(N)=O. The monoisotopic (exact) mass is 828 g/mol. The minimum atomic E-state index is -0.628. The van der Waals surface area contributed by atoms with Crippen LogP contribution in [-0.2, 0) is 28.8 Å². The van der Waals surface area contributed by atoms with Crippen LogP contribution in [0.5, 0.6) is 0 Å². The predicted octanol–water partition coefficient (Wildman–Crippen LogP) is 0.376. The highest BCUT2D eigenvalue weighted by Crippen LogP contribution is 2.10. The molecule has 0 aliphatic carbocycles. The fraction of sp³-hybridized carbons (Fsp3) is 0.857. The second-order valence-electron chi connectivity index (χ2n) is 15.7. The number of unbranched alkanes of at least 4 members (excludes halogenated alkanes) is 15. The molecule has 18 N–H and O–H groups in total. The molecule has 0 heterocycles. The van der Waals surface area contributed by atoms with E-state index in [1.807, 2.05) is 0 Å². The number of carbonyl (C=O) groups is 6. The molecule has 0 saturated carbocycles. The Morgan fingerprint density at radius 2 is 0.707 bits per heavy atom. The standard InChI is InChI=1S/C42H84N10O6/c43-28-16-7-1-4-10-26-38(54)51-35(23-14-18-30-45)41(57)49-33-21-9-3-6-12-27-39(55)52-36(24-15-19-31-46)42(58)48-32-20-8-2-5-11-25-37(53)50-34(40(47)56)22-13-17-29-44/h34-36H,1-33,43-46H2,(H2,47,56)(H,48,58)(H,49,57)(H,50,53)(H,51,54)(H,52,55)/p+3. The lowest BCUT2D eigenvalue weighted by molar-refractivity contribution is -0.368. The number of hydrogen-bond acceptors (Lipinski definition) is 7. The first-order valence-electron chi connectivity index (χ1n) is 22.9. The van der Waals surface area contributed by atoms with Crippen molar-refractivity contribution in [1.29, 1.82) is 0 Å². The van der Waals surface area contributed by atoms with E-state index in [9.17, 15) is 28.8 Å². The number of nitrogens with one attached hydrogen (secondary N) is 5. The lowest BCUT2D eigenvalue weighted by Crippen LogP contribution is -2.50. The molecule has 0 aromatic carbocycles. The number of rotatable bonds is 41. The van der Waals surface area contributed by atoms with Crippen molar-refractivity contribution in [3.05, 3.63) is 0 Å². The van der Waals surface area contributed by atoms with Gasteiger partial charge in [0, 0.05) is 32.4 Å². The third-order valence-corrected chi connectivity index (χ3v) is 10.3. The van der Waals surface area contributed by atoms with Gasteiger partial charge in [-0.2, -0.15) is 0 Å². The Kier molecular flexibility index (Phi) is 36.9. The molecular weight excluding hydrogens is 741 g/mol. The van der Waals surface area contributed by atoms with Crippen LogP contribution < -0.4 is 55.3 Å². The van der Waals surface area contributed by atoms with Crippen molar-refractivity contribution in [2.75, 3.05) is 39.3 Å². The van der Waals surface area contributed by atoms with Gasteiger partial charge < -0.3 is 55.3 Å². The van der Waals surface area contributed by atoms with Crippen LogP contribution in [0.4, 0.5) is 0 Å². The molecule has 0 spiro atoms. The van der Waals surface area contributed by atoms with Crippen LogP contribution in [0.2, 0.25) is 0 Å². The summed E-state index contributed by atoms with van der Waals surface area (Å²) in [6.07, 6.45) is 21.5. The van der Waals surface area contributed by atoms with Crippen molar-refractivity contribution in [3.8, 4) is 0 Å². The lowest BCUT2D eigenvalue weighted by atomic mass is 10.1. The minimum absolute atomic E-state index is 0.0724. The van der Waals surface area contributed by atoms with E-state index in [4.69, 9.17) is 11.5 Å². The third kappa shape index (κ3) is 32.6. The number of hydrogen-bond donors (Lipinski definition) is 10. The summed E-state index contributed by atoms with van der Waals surface area (Å²) >= 11 is 0. The largest absolute Gasteiger partial charge is 0.368 e. The maximum Gasteiger partial charge on any atom is 0.242 e. The molecule has 0 rings (SSSR count). The van der Waals surface area contributed by atoms with Crippen LogP contribution >= 0.6 is 0 Å². The highest BCUT2D eigenvalue weighted by Gasteiger charge is 2.22. The van der Waals surface area contributed by atoms with E-state index in [-0.39, 0.29) is 29.5 Å². The molecule has 0 aliphatic rings. The first kappa shape index (κ1) is 54.7. The second kappa shape index (κ2) is 39.1. The minimum Gasteiger partial charge on any atom is -0.368 e. The Labute approximate surface area is 349 Å². The summed E-state index contributed by atoms with van der Waals surface area (Å²) in [5, 5.41) is 14.6. The summed E-state index contributed by atoms with van der Waals surface area (Å²) < 4.78 is 0. The number of primary amides is 1. The number of carbonyl (C=O) groups excluding carboxylic acids is 6. The number of nitrogens with two attached hydrogens (primary N) is 2. The van der Waals surface area contributed by atoms with Gasteiger partial charge in [-0.15, -0.1) is 0 Å². The zero-order valence-corrected chi connectivity index (χ0v) is 36.3. The summed E-state index contributed by atoms with van der Waals surface area (Å²) in [5.74, 6) is -1.15. The van der Waals surface area contributed by atoms with E-state index < -0.39 is 24.0 Å². The summed E-state index contributed by atoms with van der Waals surface area (Å²) in [6.45, 7) is 4.13. The number of amides is 6. The van der Waals surface area contributed by atoms with Crippen LogP contribution in [0.1, 0.15) is 173 Å². The Morgan fingerprint density at radius 3 is 1.05 bits per heavy atom. The molecule has 16 heteroatoms. The molecule has 0 saturated heterocycles. The van der Waals surface area contributed by atoms with Gasteiger partial charge in [-0.1, -0.05) is 57.8 Å². The van der Waals surface area contributed by atoms with Gasteiger partial charge in [0.2, 0.25) is 35.4 Å². The summed E-state index contributed by atoms with van der Waals surface area (Å²) in [6, 6.07) is -1.72. The fourth-order valence-corrected chi connectivity index (χ4v) is 6.71. The highest BCUT2D eigenvalue weighted by molar-refractivity contribution is 5.88. The Morgan fingerprint density at radius 1 is 0.397 bits per heavy atom. The summed E-state index contributed by atoms with van der Waals surface area (Å²) in [5.41, 5.74) is 22.5. The topological polar surface area (TPSA) is 298 Å². The molecular formula is C42H87N10O6+3.